The Balaban J connectivity index is 1.80. The lowest BCUT2D eigenvalue weighted by Crippen LogP contribution is -2.82. The summed E-state index contributed by atoms with van der Waals surface area (Å²) in [7, 11) is 0. The van der Waals surface area contributed by atoms with Gasteiger partial charge in [0.05, 0.1) is 17.6 Å². The van der Waals surface area contributed by atoms with E-state index in [2.05, 4.69) is 0 Å². The third kappa shape index (κ3) is 4.13. The molecule has 43 heavy (non-hydrogen) atoms. The first-order chi connectivity index (χ1) is 20.1. The van der Waals surface area contributed by atoms with Gasteiger partial charge in [-0.15, -0.1) is 0 Å². The molecule has 5 rings (SSSR count). The number of aliphatic hydroxyl groups is 3. The first-order valence-electron chi connectivity index (χ1n) is 15.9. The molecule has 0 aromatic heterocycles. The van der Waals surface area contributed by atoms with Crippen molar-refractivity contribution >= 4 is 23.3 Å². The van der Waals surface area contributed by atoms with Crippen LogP contribution < -0.4 is 5.73 Å². The molecule has 0 bridgehead atoms. The van der Waals surface area contributed by atoms with E-state index in [0.29, 0.717) is 5.56 Å². The molecule has 4 aliphatic carbocycles. The second kappa shape index (κ2) is 10.8. The van der Waals surface area contributed by atoms with E-state index < -0.39 is 81.6 Å². The Kier molecular flexibility index (Phi) is 7.97. The lowest BCUT2D eigenvalue weighted by atomic mass is 9.33. The van der Waals surface area contributed by atoms with E-state index in [0.717, 1.165) is 38.5 Å². The Labute approximate surface area is 253 Å². The van der Waals surface area contributed by atoms with Crippen LogP contribution in [0.25, 0.3) is 0 Å². The number of aliphatic hydroxyl groups excluding tert-OH is 2. The van der Waals surface area contributed by atoms with Crippen molar-refractivity contribution < 1.29 is 39.6 Å². The van der Waals surface area contributed by atoms with Gasteiger partial charge < -0.3 is 26.2 Å². The van der Waals surface area contributed by atoms with Crippen LogP contribution in [0.5, 0.6) is 5.75 Å². The van der Waals surface area contributed by atoms with E-state index in [1.54, 1.807) is 32.9 Å². The van der Waals surface area contributed by atoms with Crippen LogP contribution in [0.1, 0.15) is 101 Å². The molecule has 10 atom stereocenters. The number of carbonyl (C=O) groups excluding carboxylic acids is 4. The number of nitrogens with two attached hydrogens (primary N) is 1. The molecule has 236 valence electrons. The van der Waals surface area contributed by atoms with Crippen molar-refractivity contribution in [2.75, 3.05) is 0 Å². The van der Waals surface area contributed by atoms with Crippen molar-refractivity contribution in [1.29, 1.82) is 0 Å². The summed E-state index contributed by atoms with van der Waals surface area (Å²) in [5, 5.41) is 47.4. The third-order valence-electron chi connectivity index (χ3n) is 12.5. The molecular formula is C34H47NO8. The quantitative estimate of drug-likeness (QED) is 0.254. The molecule has 3 saturated carbocycles. The molecule has 0 heterocycles. The molecule has 0 radical (unpaired) electrons. The SMILES string of the molecule is CC(C)[C@H]1C(O)[C@@H](C(N)=O)C(=O)[C@]2(O)C(O)[C@H]3C(=O)c4c(O)cccc4[C@@H](C)[C@]3(C)[C@@H](CC(=O)C3CCCCCC3)[C@]12C. The fraction of sp³-hybridized carbons (Fsp3) is 0.706. The highest BCUT2D eigenvalue weighted by atomic mass is 16.4. The molecule has 4 aliphatic rings. The molecule has 1 aromatic carbocycles. The van der Waals surface area contributed by atoms with E-state index in [9.17, 15) is 39.6 Å². The number of ketones is 3. The minimum Gasteiger partial charge on any atom is -0.507 e. The fourth-order valence-corrected chi connectivity index (χ4v) is 10.3. The number of amides is 1. The van der Waals surface area contributed by atoms with Crippen molar-refractivity contribution in [3.8, 4) is 5.75 Å². The Hall–Kier alpha value is -2.62. The predicted octanol–water partition coefficient (Wildman–Crippen LogP) is 3.29. The number of phenolic OH excluding ortho intramolecular Hbond substituents is 1. The van der Waals surface area contributed by atoms with Gasteiger partial charge in [0, 0.05) is 17.8 Å². The first-order valence-corrected chi connectivity index (χ1v) is 15.9. The maximum absolute atomic E-state index is 14.4. The van der Waals surface area contributed by atoms with Gasteiger partial charge >= 0.3 is 0 Å². The second-order valence-corrected chi connectivity index (χ2v) is 14.6. The number of hydrogen-bond donors (Lipinski definition) is 5. The van der Waals surface area contributed by atoms with Gasteiger partial charge in [-0.2, -0.15) is 0 Å². The van der Waals surface area contributed by atoms with Gasteiger partial charge in [-0.1, -0.05) is 72.4 Å². The number of aromatic hydroxyl groups is 1. The largest absolute Gasteiger partial charge is 0.507 e. The van der Waals surface area contributed by atoms with Crippen LogP contribution in [-0.2, 0) is 14.4 Å². The average molecular weight is 598 g/mol. The number of fused-ring (bicyclic) bond motifs is 3. The highest BCUT2D eigenvalue weighted by Gasteiger charge is 2.80. The zero-order chi connectivity index (χ0) is 31.8. The Bertz CT molecular complexity index is 1330. The number of Topliss-reactive ketones (excluding diaryl/α,β-unsaturated/α-hetero) is 3. The monoisotopic (exact) mass is 597 g/mol. The standard InChI is InChI=1S/C34H47NO8/c1-16(2)25-28(39)24(31(35)42)29(40)34(43)30(41)26-27(38)23-19(13-10-14-20(23)36)17(3)32(26,4)22(33(25,34)5)15-21(37)18-11-8-6-7-9-12-18/h10,13-14,16-18,22,24-26,28,30,36,39,41,43H,6-9,11-12,15H2,1-5H3,(H2,35,42)/t17-,22-,24-,25+,26-,28?,30?,32-,33-,34+/m1/s1. The lowest BCUT2D eigenvalue weighted by Gasteiger charge is -2.71. The lowest BCUT2D eigenvalue weighted by molar-refractivity contribution is -0.292. The van der Waals surface area contributed by atoms with Gasteiger partial charge in [0.2, 0.25) is 5.91 Å². The third-order valence-corrected chi connectivity index (χ3v) is 12.5. The van der Waals surface area contributed by atoms with E-state index >= 15 is 0 Å². The van der Waals surface area contributed by atoms with Crippen LogP contribution in [0.3, 0.4) is 0 Å². The molecule has 1 aromatic rings. The molecule has 9 heteroatoms. The number of phenols is 1. The van der Waals surface area contributed by atoms with Crippen molar-refractivity contribution in [2.45, 2.75) is 103 Å². The Morgan fingerprint density at radius 1 is 1.05 bits per heavy atom. The van der Waals surface area contributed by atoms with Crippen LogP contribution in [0.2, 0.25) is 0 Å². The fourth-order valence-electron chi connectivity index (χ4n) is 10.3. The van der Waals surface area contributed by atoms with Crippen LogP contribution in [0.4, 0.5) is 0 Å². The van der Waals surface area contributed by atoms with Gasteiger partial charge in [-0.05, 0) is 53.6 Å². The zero-order valence-corrected chi connectivity index (χ0v) is 25.9. The van der Waals surface area contributed by atoms with E-state index in [1.165, 1.54) is 6.07 Å². The molecule has 2 unspecified atom stereocenters. The highest BCUT2D eigenvalue weighted by molar-refractivity contribution is 6.09. The molecule has 9 nitrogen and oxygen atoms in total. The molecule has 1 amide bonds. The smallest absolute Gasteiger partial charge is 0.230 e. The number of rotatable bonds is 5. The minimum absolute atomic E-state index is 0.0188. The minimum atomic E-state index is -2.68. The summed E-state index contributed by atoms with van der Waals surface area (Å²) >= 11 is 0. The molecule has 6 N–H and O–H groups in total. The van der Waals surface area contributed by atoms with Crippen LogP contribution in [0.15, 0.2) is 18.2 Å². The summed E-state index contributed by atoms with van der Waals surface area (Å²) in [6.07, 6.45) is 1.79. The molecule has 0 spiro atoms. The highest BCUT2D eigenvalue weighted by Crippen LogP contribution is 2.71. The van der Waals surface area contributed by atoms with Crippen LogP contribution >= 0.6 is 0 Å². The maximum Gasteiger partial charge on any atom is 0.230 e. The zero-order valence-electron chi connectivity index (χ0n) is 25.9. The van der Waals surface area contributed by atoms with Crippen molar-refractivity contribution in [2.24, 2.45) is 52.1 Å². The summed E-state index contributed by atoms with van der Waals surface area (Å²) in [5.41, 5.74) is 0.731. The Morgan fingerprint density at radius 2 is 1.65 bits per heavy atom. The van der Waals surface area contributed by atoms with Gasteiger partial charge in [-0.3, -0.25) is 19.2 Å². The topological polar surface area (TPSA) is 175 Å². The second-order valence-electron chi connectivity index (χ2n) is 14.6. The van der Waals surface area contributed by atoms with E-state index in [1.807, 2.05) is 13.8 Å². The van der Waals surface area contributed by atoms with Gasteiger partial charge in [-0.25, -0.2) is 0 Å². The summed E-state index contributed by atoms with van der Waals surface area (Å²) < 4.78 is 0. The first kappa shape index (κ1) is 31.8. The van der Waals surface area contributed by atoms with Gasteiger partial charge in [0.25, 0.3) is 0 Å². The summed E-state index contributed by atoms with van der Waals surface area (Å²) in [6, 6.07) is 4.78. The average Bonchev–Trinajstić information content (AvgIpc) is 3.22. The molecule has 0 saturated heterocycles. The predicted molar refractivity (Wildman–Crippen MR) is 158 cm³/mol. The normalized spacial score (nSPS) is 41.7. The van der Waals surface area contributed by atoms with Gasteiger partial charge in [0.15, 0.2) is 17.2 Å². The number of carbonyl (C=O) groups is 4. The van der Waals surface area contributed by atoms with Crippen molar-refractivity contribution in [1.82, 2.24) is 0 Å². The van der Waals surface area contributed by atoms with E-state index in [4.69, 9.17) is 5.73 Å². The van der Waals surface area contributed by atoms with Crippen LogP contribution in [0, 0.1) is 46.3 Å². The summed E-state index contributed by atoms with van der Waals surface area (Å²) in [6.45, 7) is 8.98. The Morgan fingerprint density at radius 3 is 2.21 bits per heavy atom. The van der Waals surface area contributed by atoms with Crippen molar-refractivity contribution in [3.63, 3.8) is 0 Å². The van der Waals surface area contributed by atoms with Crippen LogP contribution in [-0.4, -0.2) is 61.5 Å². The van der Waals surface area contributed by atoms with E-state index in [-0.39, 0.29) is 29.4 Å². The number of hydrogen-bond acceptors (Lipinski definition) is 8. The number of benzene rings is 1. The maximum atomic E-state index is 14.4. The summed E-state index contributed by atoms with van der Waals surface area (Å²) in [4.78, 5) is 55.5. The summed E-state index contributed by atoms with van der Waals surface area (Å²) in [5.74, 6) is -9.25. The molecule has 3 fully saturated rings. The van der Waals surface area contributed by atoms with Crippen molar-refractivity contribution in [3.05, 3.63) is 29.3 Å². The number of primary amides is 1. The van der Waals surface area contributed by atoms with Gasteiger partial charge in [0.1, 0.15) is 23.6 Å². The molecule has 0 aliphatic heterocycles. The molecular weight excluding hydrogens is 550 g/mol.